The van der Waals surface area contributed by atoms with Crippen molar-refractivity contribution in [3.63, 3.8) is 0 Å². The second-order valence-electron chi connectivity index (χ2n) is 6.79. The monoisotopic (exact) mass is 286 g/mol. The molecule has 0 aromatic heterocycles. The summed E-state index contributed by atoms with van der Waals surface area (Å²) in [5.41, 5.74) is -1.10. The Morgan fingerprint density at radius 3 is 2.20 bits per heavy atom. The van der Waals surface area contributed by atoms with E-state index in [-0.39, 0.29) is 5.41 Å². The van der Waals surface area contributed by atoms with E-state index in [1.807, 2.05) is 0 Å². The van der Waals surface area contributed by atoms with Crippen molar-refractivity contribution in [3.05, 3.63) is 20.2 Å². The summed E-state index contributed by atoms with van der Waals surface area (Å²) in [4.78, 5) is 31.2. The van der Waals surface area contributed by atoms with Crippen molar-refractivity contribution >= 4 is 0 Å². The summed E-state index contributed by atoms with van der Waals surface area (Å²) in [6.07, 6.45) is 4.08. The Kier molecular flexibility index (Phi) is 2.81. The molecule has 4 rings (SSSR count). The number of hydrogen-bond donors (Lipinski definition) is 0. The van der Waals surface area contributed by atoms with Crippen LogP contribution in [0.2, 0.25) is 0 Å². The van der Waals surface area contributed by atoms with Gasteiger partial charge in [0.15, 0.2) is 0 Å². The van der Waals surface area contributed by atoms with Crippen molar-refractivity contribution in [2.45, 2.75) is 57.2 Å². The van der Waals surface area contributed by atoms with Crippen molar-refractivity contribution in [2.24, 2.45) is 17.3 Å². The third kappa shape index (κ3) is 2.06. The zero-order chi connectivity index (χ0) is 14.5. The molecule has 0 aliphatic heterocycles. The van der Waals surface area contributed by atoms with Crippen LogP contribution in [0.25, 0.3) is 0 Å². The molecule has 3 unspecified atom stereocenters. The zero-order valence-corrected chi connectivity index (χ0v) is 11.3. The first-order chi connectivity index (χ1) is 9.32. The predicted octanol–water partition coefficient (Wildman–Crippen LogP) is 2.13. The molecule has 0 heterocycles. The lowest BCUT2D eigenvalue weighted by Gasteiger charge is -2.61. The molecule has 4 aliphatic rings. The first-order valence-corrected chi connectivity index (χ1v) is 6.97. The van der Waals surface area contributed by atoms with E-state index < -0.39 is 21.9 Å². The minimum absolute atomic E-state index is 0.354. The van der Waals surface area contributed by atoms with E-state index in [0.717, 1.165) is 19.3 Å². The summed E-state index contributed by atoms with van der Waals surface area (Å²) >= 11 is 0. The number of nitrogens with zero attached hydrogens (tertiary/aromatic N) is 2. The Balaban J connectivity index is 1.86. The molecule has 20 heavy (non-hydrogen) atoms. The van der Waals surface area contributed by atoms with Gasteiger partial charge in [0.2, 0.25) is 0 Å². The highest BCUT2D eigenvalue weighted by Gasteiger charge is 2.61. The van der Waals surface area contributed by atoms with E-state index >= 15 is 0 Å². The van der Waals surface area contributed by atoms with E-state index in [2.05, 4.69) is 0 Å². The largest absolute Gasteiger partial charge is 0.310 e. The average molecular weight is 286 g/mol. The van der Waals surface area contributed by atoms with Gasteiger partial charge in [-0.25, -0.2) is 0 Å². The van der Waals surface area contributed by atoms with Gasteiger partial charge in [0.25, 0.3) is 10.2 Å². The first-order valence-electron chi connectivity index (χ1n) is 6.97. The average Bonchev–Trinajstić information content (AvgIpc) is 2.23. The van der Waals surface area contributed by atoms with Gasteiger partial charge in [-0.1, -0.05) is 0 Å². The van der Waals surface area contributed by atoms with Crippen LogP contribution in [0.5, 0.6) is 0 Å². The fraction of sp³-hybridized carbons (Fsp3) is 1.00. The van der Waals surface area contributed by atoms with Gasteiger partial charge in [-0.15, -0.1) is 20.2 Å². The normalized spacial score (nSPS) is 43.0. The molecule has 5 atom stereocenters. The van der Waals surface area contributed by atoms with Crippen LogP contribution in [0, 0.1) is 37.5 Å². The molecule has 4 fully saturated rings. The molecule has 8 nitrogen and oxygen atoms in total. The molecule has 4 saturated carbocycles. The van der Waals surface area contributed by atoms with Gasteiger partial charge in [0.1, 0.15) is 11.7 Å². The van der Waals surface area contributed by atoms with Crippen molar-refractivity contribution < 1.29 is 19.8 Å². The molecule has 0 aromatic rings. The topological polar surface area (TPSA) is 105 Å². The Labute approximate surface area is 115 Å². The lowest BCUT2D eigenvalue weighted by molar-refractivity contribution is -0.789. The van der Waals surface area contributed by atoms with Gasteiger partial charge in [-0.05, 0) is 62.7 Å². The van der Waals surface area contributed by atoms with E-state index in [1.54, 1.807) is 6.92 Å². The summed E-state index contributed by atoms with van der Waals surface area (Å²) in [5.74, 6) is 0.711. The van der Waals surface area contributed by atoms with Crippen LogP contribution in [-0.2, 0) is 9.68 Å². The molecule has 4 aliphatic carbocycles. The molecule has 0 N–H and O–H groups in total. The summed E-state index contributed by atoms with van der Waals surface area (Å²) in [5, 5.41) is 19.9. The summed E-state index contributed by atoms with van der Waals surface area (Å²) in [7, 11) is 0. The summed E-state index contributed by atoms with van der Waals surface area (Å²) < 4.78 is 0. The first kappa shape index (κ1) is 13.4. The lowest BCUT2D eigenvalue weighted by Crippen LogP contribution is -2.60. The van der Waals surface area contributed by atoms with Crippen LogP contribution in [0.1, 0.15) is 45.4 Å². The van der Waals surface area contributed by atoms with Gasteiger partial charge in [-0.3, -0.25) is 0 Å². The maximum Gasteiger partial charge on any atom is 0.295 e. The zero-order valence-electron chi connectivity index (χ0n) is 11.3. The van der Waals surface area contributed by atoms with Crippen molar-refractivity contribution in [2.75, 3.05) is 0 Å². The Hall–Kier alpha value is -1.60. The van der Waals surface area contributed by atoms with E-state index in [9.17, 15) is 20.2 Å². The predicted molar refractivity (Wildman–Crippen MR) is 65.5 cm³/mol. The lowest BCUT2D eigenvalue weighted by atomic mass is 9.46. The maximum atomic E-state index is 10.8. The van der Waals surface area contributed by atoms with Crippen LogP contribution in [0.15, 0.2) is 0 Å². The second kappa shape index (κ2) is 4.20. The van der Waals surface area contributed by atoms with Crippen LogP contribution in [0.4, 0.5) is 0 Å². The Morgan fingerprint density at radius 1 is 1.10 bits per heavy atom. The number of hydrogen-bond acceptors (Lipinski definition) is 6. The minimum Gasteiger partial charge on any atom is -0.310 e. The highest BCUT2D eigenvalue weighted by atomic mass is 17.0. The fourth-order valence-electron chi connectivity index (χ4n) is 5.23. The molecular formula is C12H18N2O6. The van der Waals surface area contributed by atoms with Crippen LogP contribution in [-0.4, -0.2) is 21.9 Å². The van der Waals surface area contributed by atoms with Gasteiger partial charge < -0.3 is 9.68 Å². The van der Waals surface area contributed by atoms with Crippen molar-refractivity contribution in [1.82, 2.24) is 0 Å². The molecule has 0 spiro atoms. The third-order valence-electron chi connectivity index (χ3n) is 5.43. The van der Waals surface area contributed by atoms with Crippen LogP contribution >= 0.6 is 0 Å². The fourth-order valence-corrected chi connectivity index (χ4v) is 5.23. The third-order valence-corrected chi connectivity index (χ3v) is 5.43. The van der Waals surface area contributed by atoms with Crippen molar-refractivity contribution in [1.29, 1.82) is 0 Å². The van der Waals surface area contributed by atoms with E-state index in [0.29, 0.717) is 31.1 Å². The number of rotatable bonds is 5. The van der Waals surface area contributed by atoms with Gasteiger partial charge >= 0.3 is 0 Å². The van der Waals surface area contributed by atoms with Crippen molar-refractivity contribution in [3.8, 4) is 0 Å². The van der Waals surface area contributed by atoms with Gasteiger partial charge in [0.05, 0.1) is 0 Å². The van der Waals surface area contributed by atoms with Gasteiger partial charge in [-0.2, -0.15) is 0 Å². The Bertz CT molecular complexity index is 439. The van der Waals surface area contributed by atoms with Crippen LogP contribution < -0.4 is 0 Å². The maximum absolute atomic E-state index is 10.8. The van der Waals surface area contributed by atoms with Gasteiger partial charge in [0, 0.05) is 0 Å². The molecular weight excluding hydrogens is 268 g/mol. The standard InChI is InChI=1S/C12H18N2O6/c1-8(19-13(15)16)11-3-9-2-10(4-11)6-12(5-9,7-11)20-14(17)18/h8-10H,2-7H2,1H3/t8?,9-,10+,11?,12?. The van der Waals surface area contributed by atoms with E-state index in [1.165, 1.54) is 0 Å². The molecule has 0 radical (unpaired) electrons. The summed E-state index contributed by atoms with van der Waals surface area (Å²) in [6, 6.07) is 0. The SMILES string of the molecule is CC(O[N+](=O)[O-])C12C[C@@H]3C[C@@H](CC(O[N+](=O)[O-])(C3)C1)C2. The van der Waals surface area contributed by atoms with Crippen LogP contribution in [0.3, 0.4) is 0 Å². The molecule has 8 heteroatoms. The highest BCUT2D eigenvalue weighted by Crippen LogP contribution is 2.64. The highest BCUT2D eigenvalue weighted by molar-refractivity contribution is 5.10. The second-order valence-corrected chi connectivity index (χ2v) is 6.79. The minimum atomic E-state index is -0.760. The molecule has 4 bridgehead atoms. The summed E-state index contributed by atoms with van der Waals surface area (Å²) in [6.45, 7) is 1.70. The Morgan fingerprint density at radius 2 is 1.70 bits per heavy atom. The molecule has 0 amide bonds. The smallest absolute Gasteiger partial charge is 0.295 e. The molecule has 0 saturated heterocycles. The quantitative estimate of drug-likeness (QED) is 0.566. The molecule has 112 valence electrons. The molecule has 0 aromatic carbocycles. The van der Waals surface area contributed by atoms with E-state index in [4.69, 9.17) is 9.68 Å².